The molecular formula is C18H19N3O2. The molecular weight excluding hydrogens is 290 g/mol. The van der Waals surface area contributed by atoms with Gasteiger partial charge in [0.2, 0.25) is 11.8 Å². The van der Waals surface area contributed by atoms with Gasteiger partial charge in [0.1, 0.15) is 6.04 Å². The smallest absolute Gasteiger partial charge is 0.240 e. The lowest BCUT2D eigenvalue weighted by atomic mass is 10.0. The van der Waals surface area contributed by atoms with Gasteiger partial charge in [-0.2, -0.15) is 5.26 Å². The summed E-state index contributed by atoms with van der Waals surface area (Å²) in [6.07, 6.45) is 1.43. The van der Waals surface area contributed by atoms with Gasteiger partial charge >= 0.3 is 0 Å². The van der Waals surface area contributed by atoms with E-state index >= 15 is 0 Å². The lowest BCUT2D eigenvalue weighted by Crippen LogP contribution is -2.44. The van der Waals surface area contributed by atoms with Gasteiger partial charge in [0.05, 0.1) is 12.5 Å². The van der Waals surface area contributed by atoms with Gasteiger partial charge < -0.3 is 11.1 Å². The van der Waals surface area contributed by atoms with Crippen LogP contribution in [0, 0.1) is 11.3 Å². The molecule has 0 radical (unpaired) electrons. The maximum Gasteiger partial charge on any atom is 0.240 e. The summed E-state index contributed by atoms with van der Waals surface area (Å²) in [7, 11) is 0. The number of primary amides is 1. The first-order valence-electron chi connectivity index (χ1n) is 7.53. The van der Waals surface area contributed by atoms with E-state index in [1.165, 1.54) is 0 Å². The predicted octanol–water partition coefficient (Wildman–Crippen LogP) is 2.05. The van der Waals surface area contributed by atoms with E-state index in [-0.39, 0.29) is 12.3 Å². The van der Waals surface area contributed by atoms with Crippen molar-refractivity contribution >= 4 is 22.6 Å². The molecule has 2 aromatic carbocycles. The quantitative estimate of drug-likeness (QED) is 0.766. The molecule has 2 amide bonds. The topological polar surface area (TPSA) is 96.0 Å². The number of nitrogens with two attached hydrogens (primary N) is 1. The van der Waals surface area contributed by atoms with Crippen molar-refractivity contribution < 1.29 is 9.59 Å². The van der Waals surface area contributed by atoms with E-state index in [1.807, 2.05) is 48.5 Å². The van der Waals surface area contributed by atoms with Gasteiger partial charge in [-0.1, -0.05) is 42.5 Å². The molecule has 5 nitrogen and oxygen atoms in total. The third-order valence-corrected chi connectivity index (χ3v) is 3.64. The zero-order chi connectivity index (χ0) is 16.7. The average Bonchev–Trinajstić information content (AvgIpc) is 2.54. The predicted molar refractivity (Wildman–Crippen MR) is 88.2 cm³/mol. The Morgan fingerprint density at radius 1 is 1.17 bits per heavy atom. The van der Waals surface area contributed by atoms with Gasteiger partial charge in [-0.15, -0.1) is 0 Å². The Morgan fingerprint density at radius 3 is 2.61 bits per heavy atom. The number of carbonyl (C=O) groups is 2. The minimum atomic E-state index is -0.726. The number of fused-ring (bicyclic) bond motifs is 1. The van der Waals surface area contributed by atoms with Gasteiger partial charge in [-0.05, 0) is 29.2 Å². The Hall–Kier alpha value is -2.87. The fourth-order valence-electron chi connectivity index (χ4n) is 2.45. The van der Waals surface area contributed by atoms with Gasteiger partial charge in [0, 0.05) is 6.42 Å². The molecule has 0 saturated heterocycles. The summed E-state index contributed by atoms with van der Waals surface area (Å²) in [6, 6.07) is 15.0. The molecule has 0 aliphatic rings. The summed E-state index contributed by atoms with van der Waals surface area (Å²) in [5.74, 6) is -0.823. The van der Waals surface area contributed by atoms with Crippen LogP contribution >= 0.6 is 0 Å². The minimum Gasteiger partial charge on any atom is -0.368 e. The highest BCUT2D eigenvalue weighted by atomic mass is 16.2. The van der Waals surface area contributed by atoms with Crippen LogP contribution < -0.4 is 11.1 Å². The van der Waals surface area contributed by atoms with E-state index in [0.717, 1.165) is 16.3 Å². The van der Waals surface area contributed by atoms with E-state index in [0.29, 0.717) is 19.3 Å². The van der Waals surface area contributed by atoms with E-state index in [9.17, 15) is 9.59 Å². The number of unbranched alkanes of at least 4 members (excludes halogenated alkanes) is 1. The second-order valence-corrected chi connectivity index (χ2v) is 5.43. The summed E-state index contributed by atoms with van der Waals surface area (Å²) in [5, 5.41) is 13.4. The first-order chi connectivity index (χ1) is 11.1. The molecule has 0 bridgehead atoms. The van der Waals surface area contributed by atoms with Crippen LogP contribution in [0.25, 0.3) is 10.8 Å². The van der Waals surface area contributed by atoms with Crippen LogP contribution in [0.1, 0.15) is 24.8 Å². The molecule has 0 aliphatic carbocycles. The van der Waals surface area contributed by atoms with Crippen LogP contribution in [0.2, 0.25) is 0 Å². The molecule has 0 saturated carbocycles. The summed E-state index contributed by atoms with van der Waals surface area (Å²) >= 11 is 0. The van der Waals surface area contributed by atoms with Crippen LogP contribution in [0.4, 0.5) is 0 Å². The van der Waals surface area contributed by atoms with Crippen LogP contribution in [0.15, 0.2) is 42.5 Å². The third kappa shape index (κ3) is 4.82. The summed E-state index contributed by atoms with van der Waals surface area (Å²) < 4.78 is 0. The van der Waals surface area contributed by atoms with Crippen LogP contribution in [-0.4, -0.2) is 17.9 Å². The number of hydrogen-bond donors (Lipinski definition) is 2. The number of carbonyl (C=O) groups excluding carboxylic acids is 2. The Kier molecular flexibility index (Phi) is 5.70. The molecule has 2 rings (SSSR count). The van der Waals surface area contributed by atoms with Gasteiger partial charge in [-0.25, -0.2) is 0 Å². The molecule has 5 heteroatoms. The molecule has 0 heterocycles. The Morgan fingerprint density at radius 2 is 1.91 bits per heavy atom. The highest BCUT2D eigenvalue weighted by Crippen LogP contribution is 2.16. The van der Waals surface area contributed by atoms with E-state index in [1.54, 1.807) is 0 Å². The molecule has 2 aromatic rings. The fraction of sp³-hybridized carbons (Fsp3) is 0.278. The number of nitrogens with one attached hydrogen (secondary N) is 1. The van der Waals surface area contributed by atoms with Crippen molar-refractivity contribution in [1.82, 2.24) is 5.32 Å². The maximum atomic E-state index is 12.1. The largest absolute Gasteiger partial charge is 0.368 e. The number of rotatable bonds is 7. The maximum absolute atomic E-state index is 12.1. The van der Waals surface area contributed by atoms with Crippen molar-refractivity contribution in [3.63, 3.8) is 0 Å². The van der Waals surface area contributed by atoms with Crippen molar-refractivity contribution in [2.45, 2.75) is 31.7 Å². The lowest BCUT2D eigenvalue weighted by molar-refractivity contribution is -0.127. The first kappa shape index (κ1) is 16.5. The molecule has 118 valence electrons. The Balaban J connectivity index is 1.98. The normalized spacial score (nSPS) is 11.6. The lowest BCUT2D eigenvalue weighted by Gasteiger charge is -2.15. The molecule has 0 aromatic heterocycles. The third-order valence-electron chi connectivity index (χ3n) is 3.64. The first-order valence-corrected chi connectivity index (χ1v) is 7.53. The minimum absolute atomic E-state index is 0.187. The average molecular weight is 309 g/mol. The molecule has 3 N–H and O–H groups in total. The number of amides is 2. The number of hydrogen-bond acceptors (Lipinski definition) is 3. The van der Waals surface area contributed by atoms with Crippen molar-refractivity contribution in [3.05, 3.63) is 48.0 Å². The van der Waals surface area contributed by atoms with E-state index in [2.05, 4.69) is 5.32 Å². The molecule has 0 unspecified atom stereocenters. The zero-order valence-corrected chi connectivity index (χ0v) is 12.8. The zero-order valence-electron chi connectivity index (χ0n) is 12.8. The van der Waals surface area contributed by atoms with Crippen molar-refractivity contribution in [2.75, 3.05) is 0 Å². The standard InChI is InChI=1S/C18H19N3O2/c19-10-4-3-7-16(18(20)23)21-17(22)12-13-8-9-14-5-1-2-6-15(14)11-13/h1-2,5-6,8-9,11,16H,3-4,7,12H2,(H2,20,23)(H,21,22)/t16-/m1/s1. The van der Waals surface area contributed by atoms with Gasteiger partial charge in [0.15, 0.2) is 0 Å². The Labute approximate surface area is 135 Å². The summed E-state index contributed by atoms with van der Waals surface area (Å²) in [5.41, 5.74) is 6.17. The number of nitriles is 1. The molecule has 1 atom stereocenters. The van der Waals surface area contributed by atoms with Crippen molar-refractivity contribution in [3.8, 4) is 6.07 Å². The number of nitrogens with zero attached hydrogens (tertiary/aromatic N) is 1. The van der Waals surface area contributed by atoms with E-state index in [4.69, 9.17) is 11.0 Å². The highest BCUT2D eigenvalue weighted by Gasteiger charge is 2.17. The van der Waals surface area contributed by atoms with Crippen molar-refractivity contribution in [2.24, 2.45) is 5.73 Å². The summed E-state index contributed by atoms with van der Waals surface area (Å²) in [6.45, 7) is 0. The molecule has 0 fully saturated rings. The molecule has 0 spiro atoms. The highest BCUT2D eigenvalue weighted by molar-refractivity contribution is 5.88. The van der Waals surface area contributed by atoms with Crippen LogP contribution in [-0.2, 0) is 16.0 Å². The molecule has 23 heavy (non-hydrogen) atoms. The SMILES string of the molecule is N#CCCC[C@@H](NC(=O)Cc1ccc2ccccc2c1)C(N)=O. The number of benzene rings is 2. The van der Waals surface area contributed by atoms with Crippen molar-refractivity contribution in [1.29, 1.82) is 5.26 Å². The van der Waals surface area contributed by atoms with Crippen LogP contribution in [0.3, 0.4) is 0 Å². The van der Waals surface area contributed by atoms with Crippen LogP contribution in [0.5, 0.6) is 0 Å². The Bertz CT molecular complexity index is 749. The monoisotopic (exact) mass is 309 g/mol. The summed E-state index contributed by atoms with van der Waals surface area (Å²) in [4.78, 5) is 23.5. The van der Waals surface area contributed by atoms with Gasteiger partial charge in [0.25, 0.3) is 0 Å². The van der Waals surface area contributed by atoms with Gasteiger partial charge in [-0.3, -0.25) is 9.59 Å². The second-order valence-electron chi connectivity index (χ2n) is 5.43. The van der Waals surface area contributed by atoms with E-state index < -0.39 is 11.9 Å². The molecule has 0 aliphatic heterocycles. The second kappa shape index (κ2) is 7.95. The fourth-order valence-corrected chi connectivity index (χ4v) is 2.45.